The molecule has 0 fully saturated rings. The molecule has 0 aliphatic carbocycles. The number of benzene rings is 2. The lowest BCUT2D eigenvalue weighted by molar-refractivity contribution is -0.124. The Morgan fingerprint density at radius 1 is 1.06 bits per heavy atom. The van der Waals surface area contributed by atoms with E-state index in [0.717, 1.165) is 10.0 Å². The maximum Gasteiger partial charge on any atom is 0.340 e. The Morgan fingerprint density at radius 3 is 2.35 bits per heavy atom. The van der Waals surface area contributed by atoms with Crippen molar-refractivity contribution in [1.82, 2.24) is 9.88 Å². The number of para-hydroxylation sites is 1. The van der Waals surface area contributed by atoms with E-state index < -0.39 is 18.5 Å². The molecule has 31 heavy (non-hydrogen) atoms. The van der Waals surface area contributed by atoms with E-state index in [4.69, 9.17) is 4.74 Å². The first-order valence-electron chi connectivity index (χ1n) is 9.78. The Bertz CT molecular complexity index is 1150. The highest BCUT2D eigenvalue weighted by atomic mass is 79.9. The molecule has 0 saturated carbocycles. The fourth-order valence-corrected chi connectivity index (χ4v) is 3.68. The minimum Gasteiger partial charge on any atom is -0.452 e. The minimum atomic E-state index is -0.647. The molecule has 1 atom stereocenters. The molecule has 1 amide bonds. The second-order valence-electron chi connectivity index (χ2n) is 7.21. The Hall–Kier alpha value is -3.19. The Morgan fingerprint density at radius 2 is 1.71 bits per heavy atom. The number of carbonyl (C=O) groups excluding carboxylic acids is 2. The molecular formula is C24H23BrN2O4. The standard InChI is InChI=1S/C24H23BrN2O4/c1-15-13-22(29)27(20-7-5-4-6-8-20)17(3)23(15)24(30)31-14-21(28)26-16(2)18-9-11-19(25)12-10-18/h4-13,16H,14H2,1-3H3,(H,26,28). The molecule has 1 N–H and O–H groups in total. The molecule has 6 nitrogen and oxygen atoms in total. The van der Waals surface area contributed by atoms with E-state index in [0.29, 0.717) is 16.9 Å². The molecule has 0 radical (unpaired) electrons. The SMILES string of the molecule is Cc1cc(=O)n(-c2ccccc2)c(C)c1C(=O)OCC(=O)NC(C)c1ccc(Br)cc1. The lowest BCUT2D eigenvalue weighted by Crippen LogP contribution is -2.32. The summed E-state index contributed by atoms with van der Waals surface area (Å²) in [4.78, 5) is 37.6. The van der Waals surface area contributed by atoms with Crippen LogP contribution in [0.15, 0.2) is 69.9 Å². The lowest BCUT2D eigenvalue weighted by Gasteiger charge is -2.17. The molecule has 0 aliphatic heterocycles. The second kappa shape index (κ2) is 9.75. The first kappa shape index (κ1) is 22.5. The van der Waals surface area contributed by atoms with Crippen molar-refractivity contribution in [3.05, 3.63) is 97.9 Å². The van der Waals surface area contributed by atoms with E-state index in [1.807, 2.05) is 49.4 Å². The minimum absolute atomic E-state index is 0.234. The van der Waals surface area contributed by atoms with Gasteiger partial charge in [-0.3, -0.25) is 14.2 Å². The van der Waals surface area contributed by atoms with Gasteiger partial charge < -0.3 is 10.1 Å². The van der Waals surface area contributed by atoms with Gasteiger partial charge in [0, 0.05) is 21.9 Å². The molecule has 1 heterocycles. The van der Waals surface area contributed by atoms with Crippen LogP contribution in [0, 0.1) is 13.8 Å². The van der Waals surface area contributed by atoms with Crippen LogP contribution in [0.1, 0.15) is 40.1 Å². The number of halogens is 1. The largest absolute Gasteiger partial charge is 0.452 e. The molecule has 7 heteroatoms. The van der Waals surface area contributed by atoms with Crippen LogP contribution in [-0.4, -0.2) is 23.1 Å². The van der Waals surface area contributed by atoms with Crippen molar-refractivity contribution in [1.29, 1.82) is 0 Å². The van der Waals surface area contributed by atoms with E-state index in [1.54, 1.807) is 26.0 Å². The van der Waals surface area contributed by atoms with E-state index in [9.17, 15) is 14.4 Å². The fraction of sp³-hybridized carbons (Fsp3) is 0.208. The number of hydrogen-bond donors (Lipinski definition) is 1. The highest BCUT2D eigenvalue weighted by molar-refractivity contribution is 9.10. The summed E-state index contributed by atoms with van der Waals surface area (Å²) >= 11 is 3.38. The summed E-state index contributed by atoms with van der Waals surface area (Å²) in [5.41, 5.74) is 2.59. The molecule has 160 valence electrons. The number of nitrogens with one attached hydrogen (secondary N) is 1. The number of aromatic nitrogens is 1. The third-order valence-electron chi connectivity index (χ3n) is 4.95. The lowest BCUT2D eigenvalue weighted by atomic mass is 10.1. The number of pyridine rings is 1. The number of rotatable bonds is 6. The van der Waals surface area contributed by atoms with Gasteiger partial charge in [0.05, 0.1) is 11.6 Å². The van der Waals surface area contributed by atoms with Crippen molar-refractivity contribution < 1.29 is 14.3 Å². The van der Waals surface area contributed by atoms with Gasteiger partial charge in [-0.2, -0.15) is 0 Å². The van der Waals surface area contributed by atoms with Crippen LogP contribution in [0.2, 0.25) is 0 Å². The van der Waals surface area contributed by atoms with Gasteiger partial charge in [0.25, 0.3) is 11.5 Å². The molecular weight excluding hydrogens is 460 g/mol. The van der Waals surface area contributed by atoms with Gasteiger partial charge in [0.1, 0.15) is 0 Å². The summed E-state index contributed by atoms with van der Waals surface area (Å²) in [6.07, 6.45) is 0. The predicted molar refractivity (Wildman–Crippen MR) is 122 cm³/mol. The summed E-state index contributed by atoms with van der Waals surface area (Å²) in [5, 5.41) is 2.81. The maximum atomic E-state index is 12.8. The van der Waals surface area contributed by atoms with Crippen molar-refractivity contribution in [2.75, 3.05) is 6.61 Å². The highest BCUT2D eigenvalue weighted by Gasteiger charge is 2.20. The molecule has 3 rings (SSSR count). The first-order valence-corrected chi connectivity index (χ1v) is 10.6. The third-order valence-corrected chi connectivity index (χ3v) is 5.48. The quantitative estimate of drug-likeness (QED) is 0.532. The monoisotopic (exact) mass is 482 g/mol. The molecule has 0 saturated heterocycles. The van der Waals surface area contributed by atoms with Gasteiger partial charge in [0.15, 0.2) is 6.61 Å². The molecule has 0 aliphatic rings. The van der Waals surface area contributed by atoms with Crippen molar-refractivity contribution in [3.63, 3.8) is 0 Å². The van der Waals surface area contributed by atoms with Crippen LogP contribution in [0.25, 0.3) is 5.69 Å². The topological polar surface area (TPSA) is 77.4 Å². The zero-order valence-electron chi connectivity index (χ0n) is 17.5. The molecule has 1 aromatic heterocycles. The van der Waals surface area contributed by atoms with Gasteiger partial charge in [-0.05, 0) is 56.2 Å². The first-order chi connectivity index (χ1) is 14.8. The third kappa shape index (κ3) is 5.30. The Labute approximate surface area is 189 Å². The van der Waals surface area contributed by atoms with Crippen LogP contribution in [0.5, 0.6) is 0 Å². The number of nitrogens with zero attached hydrogens (tertiary/aromatic N) is 1. The van der Waals surface area contributed by atoms with Gasteiger partial charge in [-0.1, -0.05) is 46.3 Å². The zero-order chi connectivity index (χ0) is 22.5. The van der Waals surface area contributed by atoms with Gasteiger partial charge in [-0.15, -0.1) is 0 Å². The van der Waals surface area contributed by atoms with Crippen LogP contribution < -0.4 is 10.9 Å². The summed E-state index contributed by atoms with van der Waals surface area (Å²) in [7, 11) is 0. The molecule has 0 spiro atoms. The molecule has 1 unspecified atom stereocenters. The van der Waals surface area contributed by atoms with Crippen LogP contribution in [0.3, 0.4) is 0 Å². The molecule has 2 aromatic carbocycles. The van der Waals surface area contributed by atoms with E-state index in [2.05, 4.69) is 21.2 Å². The average molecular weight is 483 g/mol. The normalized spacial score (nSPS) is 11.6. The second-order valence-corrected chi connectivity index (χ2v) is 8.13. The van der Waals surface area contributed by atoms with Crippen molar-refractivity contribution in [3.8, 4) is 5.69 Å². The average Bonchev–Trinajstić information content (AvgIpc) is 2.73. The molecule has 0 bridgehead atoms. The summed E-state index contributed by atoms with van der Waals surface area (Å²) in [6.45, 7) is 4.81. The van der Waals surface area contributed by atoms with E-state index >= 15 is 0 Å². The molecule has 3 aromatic rings. The zero-order valence-corrected chi connectivity index (χ0v) is 19.1. The summed E-state index contributed by atoms with van der Waals surface area (Å²) < 4.78 is 7.67. The maximum absolute atomic E-state index is 12.8. The van der Waals surface area contributed by atoms with Crippen LogP contribution in [-0.2, 0) is 9.53 Å². The van der Waals surface area contributed by atoms with Crippen molar-refractivity contribution in [2.45, 2.75) is 26.8 Å². The van der Waals surface area contributed by atoms with Crippen LogP contribution in [0.4, 0.5) is 0 Å². The number of carbonyl (C=O) groups is 2. The number of aryl methyl sites for hydroxylation is 1. The highest BCUT2D eigenvalue weighted by Crippen LogP contribution is 2.18. The predicted octanol–water partition coefficient (Wildman–Crippen LogP) is 4.25. The van der Waals surface area contributed by atoms with Gasteiger partial charge in [0.2, 0.25) is 0 Å². The van der Waals surface area contributed by atoms with Gasteiger partial charge >= 0.3 is 5.97 Å². The smallest absolute Gasteiger partial charge is 0.340 e. The fourth-order valence-electron chi connectivity index (χ4n) is 3.41. The Kier molecular flexibility index (Phi) is 7.07. The van der Waals surface area contributed by atoms with Gasteiger partial charge in [-0.25, -0.2) is 4.79 Å². The van der Waals surface area contributed by atoms with E-state index in [1.165, 1.54) is 10.6 Å². The number of ether oxygens (including phenoxy) is 1. The van der Waals surface area contributed by atoms with Crippen LogP contribution >= 0.6 is 15.9 Å². The number of esters is 1. The Balaban J connectivity index is 1.72. The number of amides is 1. The van der Waals surface area contributed by atoms with Crippen molar-refractivity contribution in [2.24, 2.45) is 0 Å². The number of hydrogen-bond acceptors (Lipinski definition) is 4. The summed E-state index contributed by atoms with van der Waals surface area (Å²) in [5.74, 6) is -1.05. The van der Waals surface area contributed by atoms with Crippen molar-refractivity contribution >= 4 is 27.8 Å². The summed E-state index contributed by atoms with van der Waals surface area (Å²) in [6, 6.07) is 17.8. The van der Waals surface area contributed by atoms with E-state index in [-0.39, 0.29) is 17.2 Å².